The van der Waals surface area contributed by atoms with Crippen LogP contribution >= 0.6 is 23.1 Å². The van der Waals surface area contributed by atoms with E-state index in [0.29, 0.717) is 38.1 Å². The summed E-state index contributed by atoms with van der Waals surface area (Å²) in [7, 11) is 3.27. The van der Waals surface area contributed by atoms with Crippen LogP contribution in [-0.4, -0.2) is 73.3 Å². The molecule has 7 nitrogen and oxygen atoms in total. The Hall–Kier alpha value is -0.900. The smallest absolute Gasteiger partial charge is 0.233 e. The summed E-state index contributed by atoms with van der Waals surface area (Å²) in [6, 6.07) is 0.514. The van der Waals surface area contributed by atoms with Gasteiger partial charge in [0.1, 0.15) is 0 Å². The van der Waals surface area contributed by atoms with Crippen molar-refractivity contribution >= 4 is 34.1 Å². The Morgan fingerprint density at radius 2 is 1.88 bits per heavy atom. The second-order valence-electron chi connectivity index (χ2n) is 6.01. The van der Waals surface area contributed by atoms with Crippen molar-refractivity contribution in [1.82, 2.24) is 15.1 Å². The van der Waals surface area contributed by atoms with Gasteiger partial charge in [0, 0.05) is 33.4 Å². The second-order valence-corrected chi connectivity index (χ2v) is 8.21. The molecular weight excluding hydrogens is 360 g/mol. The van der Waals surface area contributed by atoms with Crippen LogP contribution in [0.3, 0.4) is 0 Å². The number of thioether (sulfide) groups is 1. The molecule has 0 saturated heterocycles. The van der Waals surface area contributed by atoms with Crippen LogP contribution in [0.4, 0.5) is 5.13 Å². The quantitative estimate of drug-likeness (QED) is 0.584. The summed E-state index contributed by atoms with van der Waals surface area (Å²) in [5, 5.41) is 12.7. The predicted molar refractivity (Wildman–Crippen MR) is 101 cm³/mol. The molecule has 1 saturated carbocycles. The molecule has 0 aliphatic heterocycles. The van der Waals surface area contributed by atoms with E-state index in [4.69, 9.17) is 9.47 Å². The molecule has 1 heterocycles. The Morgan fingerprint density at radius 1 is 1.20 bits per heavy atom. The molecule has 25 heavy (non-hydrogen) atoms. The third-order valence-electron chi connectivity index (χ3n) is 4.14. The lowest BCUT2D eigenvalue weighted by molar-refractivity contribution is -0.129. The molecule has 0 bridgehead atoms. The van der Waals surface area contributed by atoms with Gasteiger partial charge in [0.15, 0.2) is 4.34 Å². The van der Waals surface area contributed by atoms with Gasteiger partial charge in [0.25, 0.3) is 0 Å². The number of hydrogen-bond acceptors (Lipinski definition) is 8. The minimum Gasteiger partial charge on any atom is -0.383 e. The molecular formula is C16H28N4O3S2. The van der Waals surface area contributed by atoms with Crippen LogP contribution in [0.1, 0.15) is 32.1 Å². The van der Waals surface area contributed by atoms with Crippen LogP contribution in [0.25, 0.3) is 0 Å². The van der Waals surface area contributed by atoms with Gasteiger partial charge in [-0.1, -0.05) is 42.4 Å². The first kappa shape index (κ1) is 20.4. The van der Waals surface area contributed by atoms with Gasteiger partial charge in [0.2, 0.25) is 11.0 Å². The van der Waals surface area contributed by atoms with Crippen LogP contribution < -0.4 is 5.32 Å². The van der Waals surface area contributed by atoms with E-state index in [1.165, 1.54) is 55.2 Å². The Kier molecular flexibility index (Phi) is 9.52. The number of nitrogens with zero attached hydrogens (tertiary/aromatic N) is 3. The summed E-state index contributed by atoms with van der Waals surface area (Å²) in [5.74, 6) is 0.418. The number of hydrogen-bond donors (Lipinski definition) is 1. The molecule has 9 heteroatoms. The lowest BCUT2D eigenvalue weighted by Gasteiger charge is -2.22. The third-order valence-corrected chi connectivity index (χ3v) is 6.11. The first-order valence-electron chi connectivity index (χ1n) is 8.71. The molecule has 0 radical (unpaired) electrons. The zero-order valence-electron chi connectivity index (χ0n) is 15.0. The van der Waals surface area contributed by atoms with E-state index in [0.717, 1.165) is 9.47 Å². The highest BCUT2D eigenvalue weighted by Crippen LogP contribution is 2.28. The fourth-order valence-electron chi connectivity index (χ4n) is 2.73. The minimum absolute atomic E-state index is 0.0658. The van der Waals surface area contributed by atoms with Crippen molar-refractivity contribution in [2.24, 2.45) is 0 Å². The van der Waals surface area contributed by atoms with E-state index in [9.17, 15) is 4.79 Å². The summed E-state index contributed by atoms with van der Waals surface area (Å²) in [5.41, 5.74) is 0. The maximum Gasteiger partial charge on any atom is 0.233 e. The molecule has 0 aromatic carbocycles. The van der Waals surface area contributed by atoms with Gasteiger partial charge in [0.05, 0.1) is 19.0 Å². The van der Waals surface area contributed by atoms with E-state index in [2.05, 4.69) is 15.5 Å². The zero-order valence-corrected chi connectivity index (χ0v) is 16.7. The van der Waals surface area contributed by atoms with Crippen LogP contribution in [0.2, 0.25) is 0 Å². The van der Waals surface area contributed by atoms with Gasteiger partial charge in [-0.3, -0.25) is 4.79 Å². The van der Waals surface area contributed by atoms with Crippen molar-refractivity contribution in [2.75, 3.05) is 51.6 Å². The first-order chi connectivity index (χ1) is 12.2. The average Bonchev–Trinajstić information content (AvgIpc) is 3.08. The number of ether oxygens (including phenoxy) is 2. The summed E-state index contributed by atoms with van der Waals surface area (Å²) in [4.78, 5) is 14.2. The van der Waals surface area contributed by atoms with Crippen molar-refractivity contribution < 1.29 is 14.3 Å². The van der Waals surface area contributed by atoms with Crippen LogP contribution in [0.5, 0.6) is 0 Å². The van der Waals surface area contributed by atoms with Gasteiger partial charge < -0.3 is 19.7 Å². The number of methoxy groups -OCH3 is 2. The van der Waals surface area contributed by atoms with Crippen molar-refractivity contribution in [3.63, 3.8) is 0 Å². The molecule has 1 aliphatic rings. The summed E-state index contributed by atoms with van der Waals surface area (Å²) in [6.07, 6.45) is 6.31. The van der Waals surface area contributed by atoms with E-state index in [1.807, 2.05) is 0 Å². The van der Waals surface area contributed by atoms with Crippen molar-refractivity contribution in [3.05, 3.63) is 0 Å². The van der Waals surface area contributed by atoms with Gasteiger partial charge in [-0.2, -0.15) is 0 Å². The normalized spacial score (nSPS) is 15.3. The maximum atomic E-state index is 12.4. The largest absolute Gasteiger partial charge is 0.383 e. The lowest BCUT2D eigenvalue weighted by atomic mass is 9.96. The number of aromatic nitrogens is 2. The molecule has 1 aromatic heterocycles. The van der Waals surface area contributed by atoms with Crippen LogP contribution in [-0.2, 0) is 14.3 Å². The van der Waals surface area contributed by atoms with Gasteiger partial charge in [-0.15, -0.1) is 10.2 Å². The van der Waals surface area contributed by atoms with Gasteiger partial charge in [-0.05, 0) is 12.8 Å². The Bertz CT molecular complexity index is 501. The molecule has 1 aliphatic carbocycles. The minimum atomic E-state index is 0.0658. The van der Waals surface area contributed by atoms with Crippen molar-refractivity contribution in [3.8, 4) is 0 Å². The molecule has 0 spiro atoms. The number of nitrogens with one attached hydrogen (secondary N) is 1. The number of rotatable bonds is 11. The highest BCUT2D eigenvalue weighted by molar-refractivity contribution is 8.01. The molecule has 0 unspecified atom stereocenters. The lowest BCUT2D eigenvalue weighted by Crippen LogP contribution is -2.37. The zero-order chi connectivity index (χ0) is 17.9. The summed E-state index contributed by atoms with van der Waals surface area (Å²) >= 11 is 2.96. The molecule has 1 N–H and O–H groups in total. The molecule has 2 rings (SSSR count). The van der Waals surface area contributed by atoms with E-state index < -0.39 is 0 Å². The maximum absolute atomic E-state index is 12.4. The van der Waals surface area contributed by atoms with Crippen molar-refractivity contribution in [1.29, 1.82) is 0 Å². The van der Waals surface area contributed by atoms with Crippen LogP contribution in [0.15, 0.2) is 4.34 Å². The highest BCUT2D eigenvalue weighted by Gasteiger charge is 2.17. The molecule has 1 fully saturated rings. The first-order valence-corrected chi connectivity index (χ1v) is 10.5. The number of amides is 1. The molecule has 1 aromatic rings. The monoisotopic (exact) mass is 388 g/mol. The Morgan fingerprint density at radius 3 is 2.52 bits per heavy atom. The van der Waals surface area contributed by atoms with E-state index >= 15 is 0 Å². The van der Waals surface area contributed by atoms with Crippen LogP contribution in [0, 0.1) is 0 Å². The number of carbonyl (C=O) groups excluding carboxylic acids is 1. The highest BCUT2D eigenvalue weighted by atomic mass is 32.2. The fourth-order valence-corrected chi connectivity index (χ4v) is 4.46. The molecule has 0 atom stereocenters. The predicted octanol–water partition coefficient (Wildman–Crippen LogP) is 2.50. The topological polar surface area (TPSA) is 76.6 Å². The Labute approximate surface area is 157 Å². The molecule has 142 valence electrons. The van der Waals surface area contributed by atoms with Crippen molar-refractivity contribution in [2.45, 2.75) is 42.5 Å². The third kappa shape index (κ3) is 7.47. The number of anilines is 1. The fraction of sp³-hybridized carbons (Fsp3) is 0.812. The SMILES string of the molecule is COCCN(CCOC)C(=O)CSc1nnc(NC2CCCCC2)s1. The summed E-state index contributed by atoms with van der Waals surface area (Å²) < 4.78 is 11.0. The number of carbonyl (C=O) groups is 1. The second kappa shape index (κ2) is 11.7. The van der Waals surface area contributed by atoms with E-state index in [-0.39, 0.29) is 5.91 Å². The molecule has 1 amide bonds. The summed E-state index contributed by atoms with van der Waals surface area (Å²) in [6.45, 7) is 2.19. The average molecular weight is 389 g/mol. The van der Waals surface area contributed by atoms with Gasteiger partial charge >= 0.3 is 0 Å². The standard InChI is InChI=1S/C16H28N4O3S2/c1-22-10-8-20(9-11-23-2)14(21)12-24-16-19-18-15(25-16)17-13-6-4-3-5-7-13/h13H,3-12H2,1-2H3,(H,17,18). The van der Waals surface area contributed by atoms with Gasteiger partial charge in [-0.25, -0.2) is 0 Å². The van der Waals surface area contributed by atoms with E-state index in [1.54, 1.807) is 19.1 Å². The Balaban J connectivity index is 1.77.